The van der Waals surface area contributed by atoms with Crippen LogP contribution in [0.15, 0.2) is 30.7 Å². The maximum atomic E-state index is 12.0. The van der Waals surface area contributed by atoms with Crippen molar-refractivity contribution in [2.75, 3.05) is 0 Å². The van der Waals surface area contributed by atoms with Crippen LogP contribution in [0.5, 0.6) is 0 Å². The molecule has 0 spiro atoms. The second kappa shape index (κ2) is 5.30. The van der Waals surface area contributed by atoms with Gasteiger partial charge >= 0.3 is 0 Å². The minimum absolute atomic E-state index is 0.253. The molecule has 1 aliphatic carbocycles. The normalized spacial score (nSPS) is 14.4. The molecule has 20 heavy (non-hydrogen) atoms. The van der Waals surface area contributed by atoms with E-state index in [0.29, 0.717) is 18.7 Å². The Labute approximate surface area is 117 Å². The van der Waals surface area contributed by atoms with Gasteiger partial charge in [-0.25, -0.2) is 4.98 Å². The van der Waals surface area contributed by atoms with Crippen LogP contribution < -0.4 is 0 Å². The van der Waals surface area contributed by atoms with Crippen molar-refractivity contribution in [2.45, 2.75) is 32.2 Å². The quantitative estimate of drug-likeness (QED) is 0.784. The molecule has 4 nitrogen and oxygen atoms in total. The molecule has 0 saturated heterocycles. The molecule has 0 saturated carbocycles. The lowest BCUT2D eigenvalue weighted by molar-refractivity contribution is 0.0982. The minimum Gasteiger partial charge on any atom is -0.349 e. The fourth-order valence-corrected chi connectivity index (χ4v) is 2.68. The van der Waals surface area contributed by atoms with Gasteiger partial charge in [-0.3, -0.25) is 4.79 Å². The molecule has 0 bridgehead atoms. The van der Waals surface area contributed by atoms with Crippen LogP contribution in [0, 0.1) is 11.3 Å². The molecular formula is C16H15N3O. The van der Waals surface area contributed by atoms with Crippen molar-refractivity contribution in [2.24, 2.45) is 0 Å². The highest BCUT2D eigenvalue weighted by Crippen LogP contribution is 2.22. The Morgan fingerprint density at radius 2 is 2.15 bits per heavy atom. The van der Waals surface area contributed by atoms with Gasteiger partial charge in [-0.15, -0.1) is 0 Å². The van der Waals surface area contributed by atoms with Gasteiger partial charge in [0.15, 0.2) is 5.78 Å². The van der Waals surface area contributed by atoms with Crippen molar-refractivity contribution in [3.05, 3.63) is 53.1 Å². The third-order valence-corrected chi connectivity index (χ3v) is 3.67. The molecule has 0 atom stereocenters. The molecule has 4 heteroatoms. The van der Waals surface area contributed by atoms with Crippen molar-refractivity contribution < 1.29 is 4.79 Å². The fraction of sp³-hybridized carbons (Fsp3) is 0.312. The van der Waals surface area contributed by atoms with E-state index in [9.17, 15) is 4.79 Å². The van der Waals surface area contributed by atoms with Crippen molar-refractivity contribution in [1.82, 2.24) is 9.55 Å². The summed E-state index contributed by atoms with van der Waals surface area (Å²) in [7, 11) is 0. The van der Waals surface area contributed by atoms with E-state index in [4.69, 9.17) is 5.26 Å². The number of ketones is 1. The third kappa shape index (κ3) is 2.48. The Morgan fingerprint density at radius 1 is 1.30 bits per heavy atom. The molecule has 0 aromatic carbocycles. The summed E-state index contributed by atoms with van der Waals surface area (Å²) in [6, 6.07) is 5.72. The van der Waals surface area contributed by atoms with E-state index in [1.807, 2.05) is 22.9 Å². The van der Waals surface area contributed by atoms with Gasteiger partial charge in [0.05, 0.1) is 0 Å². The summed E-state index contributed by atoms with van der Waals surface area (Å²) in [5.41, 5.74) is 3.47. The van der Waals surface area contributed by atoms with Crippen LogP contribution in [0.3, 0.4) is 0 Å². The first-order valence-electron chi connectivity index (χ1n) is 6.83. The fourth-order valence-electron chi connectivity index (χ4n) is 2.68. The highest BCUT2D eigenvalue weighted by molar-refractivity contribution is 5.97. The van der Waals surface area contributed by atoms with Crippen LogP contribution in [0.25, 0.3) is 0 Å². The predicted octanol–water partition coefficient (Wildman–Crippen LogP) is 2.71. The van der Waals surface area contributed by atoms with Gasteiger partial charge in [-0.1, -0.05) is 0 Å². The number of hydrogen-bond acceptors (Lipinski definition) is 3. The highest BCUT2D eigenvalue weighted by Gasteiger charge is 2.17. The van der Waals surface area contributed by atoms with Gasteiger partial charge in [0.2, 0.25) is 0 Å². The number of fused-ring (bicyclic) bond motifs is 1. The van der Waals surface area contributed by atoms with E-state index in [1.54, 1.807) is 12.3 Å². The Morgan fingerprint density at radius 3 is 3.00 bits per heavy atom. The largest absolute Gasteiger partial charge is 0.349 e. The molecule has 3 rings (SSSR count). The smallest absolute Gasteiger partial charge is 0.164 e. The third-order valence-electron chi connectivity index (χ3n) is 3.67. The van der Waals surface area contributed by atoms with Crippen LogP contribution in [-0.4, -0.2) is 15.3 Å². The van der Waals surface area contributed by atoms with Crippen molar-refractivity contribution in [3.63, 3.8) is 0 Å². The number of nitrogens with zero attached hydrogens (tertiary/aromatic N) is 3. The molecule has 2 aromatic rings. The molecule has 2 aromatic heterocycles. The summed E-state index contributed by atoms with van der Waals surface area (Å²) in [6.45, 7) is 0.664. The van der Waals surface area contributed by atoms with Gasteiger partial charge in [-0.05, 0) is 42.5 Å². The summed E-state index contributed by atoms with van der Waals surface area (Å²) < 4.78 is 2.03. The molecule has 0 aliphatic heterocycles. The van der Waals surface area contributed by atoms with E-state index in [2.05, 4.69) is 11.2 Å². The van der Waals surface area contributed by atoms with Crippen molar-refractivity contribution in [3.8, 4) is 6.07 Å². The van der Waals surface area contributed by atoms with E-state index in [1.165, 1.54) is 0 Å². The van der Waals surface area contributed by atoms with Gasteiger partial charge in [0.1, 0.15) is 11.8 Å². The van der Waals surface area contributed by atoms with E-state index >= 15 is 0 Å². The van der Waals surface area contributed by atoms with E-state index < -0.39 is 0 Å². The molecule has 100 valence electrons. The number of carbonyl (C=O) groups excluding carboxylic acids is 1. The number of hydrogen-bond donors (Lipinski definition) is 0. The Hall–Kier alpha value is -2.41. The van der Waals surface area contributed by atoms with Crippen LogP contribution in [0.4, 0.5) is 0 Å². The number of aryl methyl sites for hydroxylation is 1. The lowest BCUT2D eigenvalue weighted by Crippen LogP contribution is -1.99. The first-order valence-corrected chi connectivity index (χ1v) is 6.83. The van der Waals surface area contributed by atoms with E-state index in [-0.39, 0.29) is 5.78 Å². The zero-order chi connectivity index (χ0) is 13.9. The summed E-state index contributed by atoms with van der Waals surface area (Å²) in [5.74, 6) is 0.253. The van der Waals surface area contributed by atoms with Crippen LogP contribution in [0.2, 0.25) is 0 Å². The van der Waals surface area contributed by atoms with Crippen molar-refractivity contribution in [1.29, 1.82) is 5.26 Å². The maximum absolute atomic E-state index is 12.0. The molecule has 1 aliphatic rings. The number of pyridine rings is 1. The van der Waals surface area contributed by atoms with Gasteiger partial charge in [0, 0.05) is 37.1 Å². The first-order chi connectivity index (χ1) is 9.76. The predicted molar refractivity (Wildman–Crippen MR) is 74.4 cm³/mol. The van der Waals surface area contributed by atoms with E-state index in [0.717, 1.165) is 36.0 Å². The molecular weight excluding hydrogens is 250 g/mol. The number of nitriles is 1. The highest BCUT2D eigenvalue weighted by atomic mass is 16.1. The summed E-state index contributed by atoms with van der Waals surface area (Å²) >= 11 is 0. The number of rotatable bonds is 2. The zero-order valence-corrected chi connectivity index (χ0v) is 11.2. The van der Waals surface area contributed by atoms with Gasteiger partial charge < -0.3 is 4.57 Å². The molecule has 0 fully saturated rings. The summed E-state index contributed by atoms with van der Waals surface area (Å²) in [4.78, 5) is 16.0. The first kappa shape index (κ1) is 12.6. The van der Waals surface area contributed by atoms with Crippen LogP contribution in [0.1, 0.15) is 46.4 Å². The Bertz CT molecular complexity index is 694. The number of aromatic nitrogens is 2. The average Bonchev–Trinajstić information content (AvgIpc) is 2.78. The van der Waals surface area contributed by atoms with Crippen LogP contribution >= 0.6 is 0 Å². The second-order valence-electron chi connectivity index (χ2n) is 5.16. The maximum Gasteiger partial charge on any atom is 0.164 e. The van der Waals surface area contributed by atoms with Crippen LogP contribution in [-0.2, 0) is 13.0 Å². The zero-order valence-electron chi connectivity index (χ0n) is 11.2. The molecule has 0 radical (unpaired) electrons. The number of Topliss-reactive ketones (excluding diaryl/α,β-unsaturated/α-hetero) is 1. The molecule has 2 heterocycles. The standard InChI is InChI=1S/C16H15N3O/c17-8-14-7-12(5-6-18-14)9-19-10-13-3-1-2-4-16(20)15(13)11-19/h5-7,10-11H,1-4,9H2. The molecule has 0 amide bonds. The minimum atomic E-state index is 0.253. The lowest BCUT2D eigenvalue weighted by atomic mass is 10.1. The summed E-state index contributed by atoms with van der Waals surface area (Å²) in [6.07, 6.45) is 9.35. The lowest BCUT2D eigenvalue weighted by Gasteiger charge is -2.03. The molecule has 0 N–H and O–H groups in total. The van der Waals surface area contributed by atoms with Crippen molar-refractivity contribution >= 4 is 5.78 Å². The average molecular weight is 265 g/mol. The number of carbonyl (C=O) groups is 1. The second-order valence-corrected chi connectivity index (χ2v) is 5.16. The Balaban J connectivity index is 1.87. The monoisotopic (exact) mass is 265 g/mol. The molecule has 0 unspecified atom stereocenters. The Kier molecular flexibility index (Phi) is 3.34. The SMILES string of the molecule is N#Cc1cc(Cn2cc3c(c2)C(=O)CCCC3)ccn1. The summed E-state index contributed by atoms with van der Waals surface area (Å²) in [5, 5.41) is 8.86. The topological polar surface area (TPSA) is 58.7 Å². The van der Waals surface area contributed by atoms with Gasteiger partial charge in [-0.2, -0.15) is 5.26 Å². The van der Waals surface area contributed by atoms with Gasteiger partial charge in [0.25, 0.3) is 0 Å².